The van der Waals surface area contributed by atoms with Crippen LogP contribution in [0.15, 0.2) is 51.4 Å². The van der Waals surface area contributed by atoms with Crippen LogP contribution < -0.4 is 4.74 Å². The van der Waals surface area contributed by atoms with Crippen LogP contribution in [0.4, 0.5) is 0 Å². The molecule has 0 aliphatic rings. The summed E-state index contributed by atoms with van der Waals surface area (Å²) in [6, 6.07) is 13.2. The van der Waals surface area contributed by atoms with E-state index in [1.807, 2.05) is 36.4 Å². The predicted octanol–water partition coefficient (Wildman–Crippen LogP) is 4.49. The van der Waals surface area contributed by atoms with Gasteiger partial charge in [0.05, 0.1) is 12.7 Å². The Bertz CT molecular complexity index is 658. The first-order valence-electron chi connectivity index (χ1n) is 6.34. The third-order valence-corrected chi connectivity index (χ3v) is 4.21. The van der Waals surface area contributed by atoms with Gasteiger partial charge in [-0.3, -0.25) is 4.79 Å². The second-order valence-electron chi connectivity index (χ2n) is 4.64. The molecule has 0 bridgehead atoms. The summed E-state index contributed by atoms with van der Waals surface area (Å²) in [6.07, 6.45) is 0. The number of carbonyl (C=O) groups is 1. The van der Waals surface area contributed by atoms with Crippen molar-refractivity contribution in [2.75, 3.05) is 14.2 Å². The molecule has 1 amide bonds. The van der Waals surface area contributed by atoms with Gasteiger partial charge in [0.1, 0.15) is 5.75 Å². The smallest absolute Gasteiger partial charge is 0.255 e. The maximum absolute atomic E-state index is 12.5. The van der Waals surface area contributed by atoms with Crippen molar-refractivity contribution in [2.24, 2.45) is 0 Å². The van der Waals surface area contributed by atoms with Crippen LogP contribution in [0.5, 0.6) is 5.75 Å². The van der Waals surface area contributed by atoms with Gasteiger partial charge in [0.2, 0.25) is 0 Å². The molecular formula is C16H15Br2NO2. The van der Waals surface area contributed by atoms with Crippen LogP contribution in [-0.4, -0.2) is 25.0 Å². The van der Waals surface area contributed by atoms with Gasteiger partial charge in [-0.1, -0.05) is 28.1 Å². The molecule has 2 aromatic carbocycles. The first-order valence-corrected chi connectivity index (χ1v) is 7.93. The normalized spacial score (nSPS) is 10.3. The number of rotatable bonds is 4. The highest BCUT2D eigenvalue weighted by Gasteiger charge is 2.15. The van der Waals surface area contributed by atoms with Crippen molar-refractivity contribution < 1.29 is 9.53 Å². The van der Waals surface area contributed by atoms with Crippen LogP contribution in [0, 0.1) is 0 Å². The van der Waals surface area contributed by atoms with E-state index in [9.17, 15) is 4.79 Å². The number of hydrogen-bond donors (Lipinski definition) is 0. The lowest BCUT2D eigenvalue weighted by atomic mass is 10.1. The summed E-state index contributed by atoms with van der Waals surface area (Å²) in [7, 11) is 3.42. The van der Waals surface area contributed by atoms with Crippen LogP contribution in [-0.2, 0) is 6.54 Å². The lowest BCUT2D eigenvalue weighted by Gasteiger charge is -2.18. The van der Waals surface area contributed by atoms with Crippen LogP contribution in [0.25, 0.3) is 0 Å². The van der Waals surface area contributed by atoms with Crippen LogP contribution in [0.1, 0.15) is 15.9 Å². The second kappa shape index (κ2) is 7.09. The largest absolute Gasteiger partial charge is 0.497 e. The number of methoxy groups -OCH3 is 1. The fraction of sp³-hybridized carbons (Fsp3) is 0.188. The second-order valence-corrected chi connectivity index (χ2v) is 6.41. The third kappa shape index (κ3) is 4.08. The molecule has 0 fully saturated rings. The number of halogens is 2. The van der Waals surface area contributed by atoms with Crippen molar-refractivity contribution in [3.8, 4) is 5.75 Å². The van der Waals surface area contributed by atoms with E-state index in [0.717, 1.165) is 20.3 Å². The van der Waals surface area contributed by atoms with Gasteiger partial charge in [0.15, 0.2) is 0 Å². The molecular weight excluding hydrogens is 398 g/mol. The molecule has 0 saturated carbocycles. The molecule has 0 heterocycles. The standard InChI is InChI=1S/C16H15Br2NO2/c1-19(10-11-4-3-5-13(8-11)21-2)16(20)14-7-6-12(17)9-15(14)18/h3-9H,10H2,1-2H3. The van der Waals surface area contributed by atoms with E-state index in [1.165, 1.54) is 0 Å². The molecule has 2 aromatic rings. The lowest BCUT2D eigenvalue weighted by Crippen LogP contribution is -2.26. The van der Waals surface area contributed by atoms with Crippen LogP contribution in [0.2, 0.25) is 0 Å². The highest BCUT2D eigenvalue weighted by Crippen LogP contribution is 2.23. The molecule has 0 radical (unpaired) electrons. The summed E-state index contributed by atoms with van der Waals surface area (Å²) in [4.78, 5) is 14.2. The fourth-order valence-electron chi connectivity index (χ4n) is 1.99. The molecule has 0 spiro atoms. The number of amides is 1. The van der Waals surface area contributed by atoms with E-state index in [1.54, 1.807) is 25.1 Å². The van der Waals surface area contributed by atoms with Gasteiger partial charge < -0.3 is 9.64 Å². The van der Waals surface area contributed by atoms with Gasteiger partial charge in [-0.05, 0) is 51.8 Å². The fourth-order valence-corrected chi connectivity index (χ4v) is 3.20. The molecule has 0 aromatic heterocycles. The molecule has 5 heteroatoms. The topological polar surface area (TPSA) is 29.5 Å². The minimum absolute atomic E-state index is 0.0304. The molecule has 0 aliphatic carbocycles. The number of nitrogens with zero attached hydrogens (tertiary/aromatic N) is 1. The molecule has 0 unspecified atom stereocenters. The Morgan fingerprint density at radius 1 is 1.19 bits per heavy atom. The summed E-state index contributed by atoms with van der Waals surface area (Å²) < 4.78 is 6.91. The highest BCUT2D eigenvalue weighted by atomic mass is 79.9. The van der Waals surface area contributed by atoms with Gasteiger partial charge in [0, 0.05) is 22.5 Å². The highest BCUT2D eigenvalue weighted by molar-refractivity contribution is 9.11. The Hall–Kier alpha value is -1.33. The van der Waals surface area contributed by atoms with Gasteiger partial charge in [0.25, 0.3) is 5.91 Å². The summed E-state index contributed by atoms with van der Waals surface area (Å²) in [5.74, 6) is 0.760. The zero-order chi connectivity index (χ0) is 15.4. The SMILES string of the molecule is COc1cccc(CN(C)C(=O)c2ccc(Br)cc2Br)c1. The summed E-state index contributed by atoms with van der Waals surface area (Å²) in [5, 5.41) is 0. The number of hydrogen-bond acceptors (Lipinski definition) is 2. The van der Waals surface area contributed by atoms with Gasteiger partial charge in [-0.2, -0.15) is 0 Å². The van der Waals surface area contributed by atoms with E-state index < -0.39 is 0 Å². The Morgan fingerprint density at radius 2 is 1.95 bits per heavy atom. The van der Waals surface area contributed by atoms with Crippen molar-refractivity contribution >= 4 is 37.8 Å². The Labute approximate surface area is 141 Å². The van der Waals surface area contributed by atoms with Crippen molar-refractivity contribution in [3.63, 3.8) is 0 Å². The zero-order valence-electron chi connectivity index (χ0n) is 11.8. The number of carbonyl (C=O) groups excluding carboxylic acids is 1. The van der Waals surface area contributed by atoms with E-state index in [-0.39, 0.29) is 5.91 Å². The predicted molar refractivity (Wildman–Crippen MR) is 90.6 cm³/mol. The minimum Gasteiger partial charge on any atom is -0.497 e. The number of ether oxygens (including phenoxy) is 1. The Kier molecular flexibility index (Phi) is 5.42. The van der Waals surface area contributed by atoms with E-state index >= 15 is 0 Å². The quantitative estimate of drug-likeness (QED) is 0.740. The molecule has 0 aliphatic heterocycles. The maximum Gasteiger partial charge on any atom is 0.255 e. The number of benzene rings is 2. The molecule has 0 saturated heterocycles. The average molecular weight is 413 g/mol. The molecule has 110 valence electrons. The van der Waals surface area contributed by atoms with Gasteiger partial charge >= 0.3 is 0 Å². The van der Waals surface area contributed by atoms with E-state index in [0.29, 0.717) is 12.1 Å². The van der Waals surface area contributed by atoms with E-state index in [4.69, 9.17) is 4.74 Å². The van der Waals surface area contributed by atoms with Crippen molar-refractivity contribution in [1.29, 1.82) is 0 Å². The first kappa shape index (κ1) is 16.0. The average Bonchev–Trinajstić information content (AvgIpc) is 2.46. The molecule has 0 atom stereocenters. The Morgan fingerprint density at radius 3 is 2.62 bits per heavy atom. The van der Waals surface area contributed by atoms with Gasteiger partial charge in [-0.15, -0.1) is 0 Å². The van der Waals surface area contributed by atoms with Crippen LogP contribution >= 0.6 is 31.9 Å². The monoisotopic (exact) mass is 411 g/mol. The van der Waals surface area contributed by atoms with Crippen molar-refractivity contribution in [2.45, 2.75) is 6.54 Å². The summed E-state index contributed by atoms with van der Waals surface area (Å²) >= 11 is 6.81. The molecule has 21 heavy (non-hydrogen) atoms. The van der Waals surface area contributed by atoms with Crippen LogP contribution in [0.3, 0.4) is 0 Å². The first-order chi connectivity index (χ1) is 10.0. The molecule has 0 N–H and O–H groups in total. The Balaban J connectivity index is 2.15. The zero-order valence-corrected chi connectivity index (χ0v) is 14.9. The van der Waals surface area contributed by atoms with E-state index in [2.05, 4.69) is 31.9 Å². The maximum atomic E-state index is 12.5. The molecule has 3 nitrogen and oxygen atoms in total. The summed E-state index contributed by atoms with van der Waals surface area (Å²) in [6.45, 7) is 0.526. The van der Waals surface area contributed by atoms with Crippen molar-refractivity contribution in [1.82, 2.24) is 4.90 Å². The third-order valence-electron chi connectivity index (χ3n) is 3.06. The lowest BCUT2D eigenvalue weighted by molar-refractivity contribution is 0.0784. The minimum atomic E-state index is -0.0304. The van der Waals surface area contributed by atoms with Crippen molar-refractivity contribution in [3.05, 3.63) is 62.5 Å². The van der Waals surface area contributed by atoms with Gasteiger partial charge in [-0.25, -0.2) is 0 Å². The summed E-state index contributed by atoms with van der Waals surface area (Å²) in [5.41, 5.74) is 1.67. The molecule has 2 rings (SSSR count).